The fraction of sp³-hybridized carbons (Fsp3) is 0.400. The number of methoxy groups -OCH3 is 1. The predicted octanol–water partition coefficient (Wildman–Crippen LogP) is 4.19. The number of amides is 1. The summed E-state index contributed by atoms with van der Waals surface area (Å²) < 4.78 is 94.6. The van der Waals surface area contributed by atoms with Gasteiger partial charge in [0.15, 0.2) is 11.6 Å². The second-order valence-corrected chi connectivity index (χ2v) is 10.00. The molecule has 1 aromatic heterocycles. The molecule has 0 spiro atoms. The molecular weight excluding hydrogens is 471 g/mol. The van der Waals surface area contributed by atoms with Gasteiger partial charge in [-0.1, -0.05) is 0 Å². The summed E-state index contributed by atoms with van der Waals surface area (Å²) in [4.78, 5) is 18.0. The number of benzene rings is 1. The molecule has 0 saturated carbocycles. The van der Waals surface area contributed by atoms with Crippen molar-refractivity contribution in [3.63, 3.8) is 0 Å². The average molecular weight is 492 g/mol. The highest BCUT2D eigenvalue weighted by molar-refractivity contribution is 7.91. The SMILES string of the molecule is COc1c(N2CCC(C)(C(F)(F)F)[C@H]2C(=O)Nc2ccnc([S@](C)(=N)=O)c2)ccc(F)c1F. The molecular formula is C20H21F5N4O3S. The van der Waals surface area contributed by atoms with Crippen molar-refractivity contribution < 1.29 is 35.7 Å². The lowest BCUT2D eigenvalue weighted by molar-refractivity contribution is -0.218. The van der Waals surface area contributed by atoms with Crippen LogP contribution in [0.15, 0.2) is 35.5 Å². The number of alkyl halides is 3. The molecule has 1 saturated heterocycles. The Labute approximate surface area is 186 Å². The van der Waals surface area contributed by atoms with E-state index in [1.54, 1.807) is 0 Å². The standard InChI is InChI=1S/C20H21F5N4O3S/c1-19(20(23,24)25)7-9-29(13-5-4-12(21)15(22)16(13)32-2)17(19)18(30)28-11-6-8-27-14(10-11)33(3,26)31/h4-6,8,10,17,26H,7,9H2,1-3H3,(H,27,28,30)/t17-,19?,33-/m1/s1. The van der Waals surface area contributed by atoms with Crippen LogP contribution in [0.25, 0.3) is 0 Å². The molecule has 0 aliphatic carbocycles. The van der Waals surface area contributed by atoms with E-state index in [2.05, 4.69) is 10.3 Å². The first kappa shape index (κ1) is 24.7. The van der Waals surface area contributed by atoms with Crippen LogP contribution in [0.5, 0.6) is 5.75 Å². The lowest BCUT2D eigenvalue weighted by Crippen LogP contribution is -2.53. The Morgan fingerprint density at radius 3 is 2.58 bits per heavy atom. The fourth-order valence-corrected chi connectivity index (χ4v) is 4.42. The van der Waals surface area contributed by atoms with Crippen molar-refractivity contribution >= 4 is 27.0 Å². The van der Waals surface area contributed by atoms with Crippen molar-refractivity contribution in [2.24, 2.45) is 5.41 Å². The largest absolute Gasteiger partial charge is 0.491 e. The zero-order valence-electron chi connectivity index (χ0n) is 17.8. The Morgan fingerprint density at radius 1 is 1.33 bits per heavy atom. The Kier molecular flexibility index (Phi) is 6.30. The minimum Gasteiger partial charge on any atom is -0.491 e. The van der Waals surface area contributed by atoms with Crippen molar-refractivity contribution in [2.75, 3.05) is 30.1 Å². The molecule has 1 aromatic carbocycles. The van der Waals surface area contributed by atoms with Gasteiger partial charge < -0.3 is 15.0 Å². The van der Waals surface area contributed by atoms with Crippen LogP contribution in [0, 0.1) is 21.8 Å². The molecule has 2 aromatic rings. The summed E-state index contributed by atoms with van der Waals surface area (Å²) in [6.45, 7) is 0.594. The Bertz CT molecular complexity index is 1190. The molecule has 1 unspecified atom stereocenters. The maximum Gasteiger partial charge on any atom is 0.396 e. The van der Waals surface area contributed by atoms with Crippen LogP contribution in [0.1, 0.15) is 13.3 Å². The van der Waals surface area contributed by atoms with Gasteiger partial charge in [-0.3, -0.25) is 4.79 Å². The summed E-state index contributed by atoms with van der Waals surface area (Å²) in [5.74, 6) is -4.34. The third-order valence-corrected chi connectivity index (χ3v) is 6.65. The number of hydrogen-bond acceptors (Lipinski definition) is 6. The third-order valence-electron chi connectivity index (χ3n) is 5.63. The van der Waals surface area contributed by atoms with Gasteiger partial charge in [0.05, 0.1) is 27.9 Å². The molecule has 1 fully saturated rings. The third kappa shape index (κ3) is 4.45. The zero-order valence-corrected chi connectivity index (χ0v) is 18.6. The summed E-state index contributed by atoms with van der Waals surface area (Å²) in [6.07, 6.45) is -3.03. The van der Waals surface area contributed by atoms with E-state index < -0.39 is 57.1 Å². The normalized spacial score (nSPS) is 22.7. The van der Waals surface area contributed by atoms with Crippen molar-refractivity contribution in [3.05, 3.63) is 42.1 Å². The topological polar surface area (TPSA) is 95.4 Å². The molecule has 0 radical (unpaired) electrons. The smallest absolute Gasteiger partial charge is 0.396 e. The lowest BCUT2D eigenvalue weighted by atomic mass is 9.81. The molecule has 1 amide bonds. The first-order valence-electron chi connectivity index (χ1n) is 9.57. The molecule has 3 rings (SSSR count). The Balaban J connectivity index is 2.08. The van der Waals surface area contributed by atoms with E-state index in [1.165, 1.54) is 6.07 Å². The van der Waals surface area contributed by atoms with E-state index in [0.717, 1.165) is 49.6 Å². The summed E-state index contributed by atoms with van der Waals surface area (Å²) in [5, 5.41) is 2.19. The van der Waals surface area contributed by atoms with E-state index in [-0.39, 0.29) is 22.9 Å². The zero-order chi connectivity index (χ0) is 24.8. The van der Waals surface area contributed by atoms with Crippen LogP contribution < -0.4 is 15.0 Å². The van der Waals surface area contributed by atoms with Gasteiger partial charge in [-0.15, -0.1) is 0 Å². The molecule has 1 aliphatic heterocycles. The van der Waals surface area contributed by atoms with Gasteiger partial charge >= 0.3 is 6.18 Å². The lowest BCUT2D eigenvalue weighted by Gasteiger charge is -2.36. The van der Waals surface area contributed by atoms with Crippen molar-refractivity contribution in [3.8, 4) is 5.75 Å². The second kappa shape index (κ2) is 8.43. The van der Waals surface area contributed by atoms with Crippen LogP contribution in [0.3, 0.4) is 0 Å². The maximum atomic E-state index is 14.3. The summed E-state index contributed by atoms with van der Waals surface area (Å²) in [7, 11) is -2.21. The maximum absolute atomic E-state index is 14.3. The number of nitrogens with zero attached hydrogens (tertiary/aromatic N) is 2. The van der Waals surface area contributed by atoms with Gasteiger partial charge in [0.2, 0.25) is 11.7 Å². The van der Waals surface area contributed by atoms with Gasteiger partial charge in [0, 0.05) is 24.7 Å². The highest BCUT2D eigenvalue weighted by Gasteiger charge is 2.63. The monoisotopic (exact) mass is 492 g/mol. The quantitative estimate of drug-likeness (QED) is 0.611. The number of halogens is 5. The van der Waals surface area contributed by atoms with Gasteiger partial charge in [0.1, 0.15) is 11.1 Å². The first-order valence-corrected chi connectivity index (χ1v) is 11.5. The van der Waals surface area contributed by atoms with E-state index in [0.29, 0.717) is 0 Å². The van der Waals surface area contributed by atoms with Crippen LogP contribution in [0.2, 0.25) is 0 Å². The molecule has 33 heavy (non-hydrogen) atoms. The predicted molar refractivity (Wildman–Crippen MR) is 111 cm³/mol. The second-order valence-electron chi connectivity index (χ2n) is 7.89. The van der Waals surface area contributed by atoms with E-state index in [4.69, 9.17) is 9.52 Å². The summed E-state index contributed by atoms with van der Waals surface area (Å²) >= 11 is 0. The molecule has 13 heteroatoms. The number of pyridine rings is 1. The first-order chi connectivity index (χ1) is 15.2. The van der Waals surface area contributed by atoms with Crippen molar-refractivity contribution in [1.82, 2.24) is 4.98 Å². The van der Waals surface area contributed by atoms with E-state index in [9.17, 15) is 31.0 Å². The minimum absolute atomic E-state index is 0.0135. The number of rotatable bonds is 5. The number of aromatic nitrogens is 1. The Morgan fingerprint density at radius 2 is 2.00 bits per heavy atom. The average Bonchev–Trinajstić information content (AvgIpc) is 3.08. The van der Waals surface area contributed by atoms with Gasteiger partial charge in [-0.2, -0.15) is 17.6 Å². The molecule has 180 valence electrons. The fourth-order valence-electron chi connectivity index (χ4n) is 3.80. The van der Waals surface area contributed by atoms with Crippen molar-refractivity contribution in [2.45, 2.75) is 30.6 Å². The molecule has 0 bridgehead atoms. The highest BCUT2D eigenvalue weighted by atomic mass is 32.2. The van der Waals surface area contributed by atoms with Gasteiger partial charge in [-0.05, 0) is 37.6 Å². The number of hydrogen-bond donors (Lipinski definition) is 2. The summed E-state index contributed by atoms with van der Waals surface area (Å²) in [6, 6.07) is 2.34. The van der Waals surface area contributed by atoms with Crippen LogP contribution in [-0.2, 0) is 14.5 Å². The van der Waals surface area contributed by atoms with Gasteiger partial charge in [0.25, 0.3) is 0 Å². The Hall–Kier alpha value is -2.96. The van der Waals surface area contributed by atoms with Crippen LogP contribution in [0.4, 0.5) is 33.3 Å². The van der Waals surface area contributed by atoms with Gasteiger partial charge in [-0.25, -0.2) is 18.4 Å². The molecule has 3 atom stereocenters. The molecule has 2 heterocycles. The van der Waals surface area contributed by atoms with Crippen LogP contribution in [-0.4, -0.2) is 47.2 Å². The van der Waals surface area contributed by atoms with Crippen LogP contribution >= 0.6 is 0 Å². The number of anilines is 2. The molecule has 7 nitrogen and oxygen atoms in total. The number of carbonyl (C=O) groups is 1. The van der Waals surface area contributed by atoms with E-state index in [1.807, 2.05) is 0 Å². The minimum atomic E-state index is -4.81. The highest BCUT2D eigenvalue weighted by Crippen LogP contribution is 2.52. The number of ether oxygens (including phenoxy) is 1. The molecule has 1 aliphatic rings. The number of carbonyl (C=O) groups excluding carboxylic acids is 1. The van der Waals surface area contributed by atoms with E-state index >= 15 is 0 Å². The molecule has 2 N–H and O–H groups in total. The van der Waals surface area contributed by atoms with Crippen molar-refractivity contribution in [1.29, 1.82) is 4.78 Å². The number of nitrogens with one attached hydrogen (secondary N) is 2. The summed E-state index contributed by atoms with van der Waals surface area (Å²) in [5.41, 5.74) is -2.75.